The van der Waals surface area contributed by atoms with E-state index >= 15 is 0 Å². The van der Waals surface area contributed by atoms with Crippen molar-refractivity contribution in [2.24, 2.45) is 0 Å². The number of Topliss-reactive ketones (excluding diaryl/α,β-unsaturated/α-hetero) is 1. The van der Waals surface area contributed by atoms with Crippen molar-refractivity contribution < 1.29 is 9.53 Å². The number of aryl methyl sites for hydroxylation is 1. The van der Waals surface area contributed by atoms with Crippen LogP contribution in [-0.2, 0) is 11.2 Å². The molecule has 0 radical (unpaired) electrons. The Kier molecular flexibility index (Phi) is 4.29. The maximum absolute atomic E-state index is 12.2. The number of carbonyl (C=O) groups is 1. The van der Waals surface area contributed by atoms with Gasteiger partial charge in [0, 0.05) is 18.7 Å². The van der Waals surface area contributed by atoms with Crippen molar-refractivity contribution in [3.8, 4) is 0 Å². The van der Waals surface area contributed by atoms with Gasteiger partial charge < -0.3 is 10.1 Å². The molecule has 1 fully saturated rings. The fraction of sp³-hybridized carbons (Fsp3) is 0.500. The maximum Gasteiger partial charge on any atom is 0.192 e. The van der Waals surface area contributed by atoms with Crippen molar-refractivity contribution in [3.05, 3.63) is 35.4 Å². The van der Waals surface area contributed by atoms with Gasteiger partial charge in [0.25, 0.3) is 0 Å². The molecule has 1 aliphatic heterocycles. The highest BCUT2D eigenvalue weighted by molar-refractivity contribution is 5.99. The number of rotatable bonds is 4. The first-order valence-electron chi connectivity index (χ1n) is 6.26. The molecular weight excluding hydrogens is 214 g/mol. The lowest BCUT2D eigenvalue weighted by atomic mass is 10.0. The van der Waals surface area contributed by atoms with Gasteiger partial charge in [0.1, 0.15) is 6.10 Å². The van der Waals surface area contributed by atoms with E-state index in [1.807, 2.05) is 18.2 Å². The molecule has 1 aromatic carbocycles. The third-order valence-corrected chi connectivity index (χ3v) is 2.97. The predicted molar refractivity (Wildman–Crippen MR) is 67.4 cm³/mol. The van der Waals surface area contributed by atoms with E-state index in [0.29, 0.717) is 13.2 Å². The largest absolute Gasteiger partial charge is 0.367 e. The second-order valence-corrected chi connectivity index (χ2v) is 4.38. The van der Waals surface area contributed by atoms with Crippen molar-refractivity contribution in [3.63, 3.8) is 0 Å². The van der Waals surface area contributed by atoms with E-state index in [4.69, 9.17) is 4.74 Å². The molecule has 0 spiro atoms. The van der Waals surface area contributed by atoms with Gasteiger partial charge in [-0.05, 0) is 18.1 Å². The molecule has 2 rings (SSSR count). The molecule has 1 atom stereocenters. The summed E-state index contributed by atoms with van der Waals surface area (Å²) in [6, 6.07) is 7.89. The number of hydrogen-bond acceptors (Lipinski definition) is 3. The smallest absolute Gasteiger partial charge is 0.192 e. The minimum absolute atomic E-state index is 0.0927. The van der Waals surface area contributed by atoms with Crippen molar-refractivity contribution in [1.82, 2.24) is 5.32 Å². The average Bonchev–Trinajstić information content (AvgIpc) is 2.40. The molecule has 1 aliphatic rings. The van der Waals surface area contributed by atoms with Crippen LogP contribution in [0.2, 0.25) is 0 Å². The van der Waals surface area contributed by atoms with Crippen LogP contribution in [0.15, 0.2) is 24.3 Å². The van der Waals surface area contributed by atoms with E-state index in [0.717, 1.165) is 24.9 Å². The summed E-state index contributed by atoms with van der Waals surface area (Å²) in [4.78, 5) is 12.2. The summed E-state index contributed by atoms with van der Waals surface area (Å²) in [7, 11) is 0. The topological polar surface area (TPSA) is 38.3 Å². The van der Waals surface area contributed by atoms with Crippen LogP contribution >= 0.6 is 0 Å². The first-order valence-corrected chi connectivity index (χ1v) is 6.26. The monoisotopic (exact) mass is 233 g/mol. The summed E-state index contributed by atoms with van der Waals surface area (Å²) >= 11 is 0. The standard InChI is InChI=1S/C14H19NO2/c1-2-4-11-5-3-6-12(9-11)14(16)13-10-15-7-8-17-13/h3,5-6,9,13,15H,2,4,7-8,10H2,1H3. The Morgan fingerprint density at radius 3 is 3.12 bits per heavy atom. The highest BCUT2D eigenvalue weighted by Gasteiger charge is 2.22. The Morgan fingerprint density at radius 1 is 1.53 bits per heavy atom. The summed E-state index contributed by atoms with van der Waals surface area (Å²) in [5, 5.41) is 3.18. The van der Waals surface area contributed by atoms with E-state index in [1.165, 1.54) is 5.56 Å². The average molecular weight is 233 g/mol. The van der Waals surface area contributed by atoms with Gasteiger partial charge >= 0.3 is 0 Å². The third-order valence-electron chi connectivity index (χ3n) is 2.97. The molecule has 92 valence electrons. The molecule has 0 saturated carbocycles. The second kappa shape index (κ2) is 5.94. The highest BCUT2D eigenvalue weighted by Crippen LogP contribution is 2.12. The fourth-order valence-electron chi connectivity index (χ4n) is 2.09. The fourth-order valence-corrected chi connectivity index (χ4v) is 2.09. The van der Waals surface area contributed by atoms with Gasteiger partial charge in [-0.15, -0.1) is 0 Å². The number of ether oxygens (including phenoxy) is 1. The maximum atomic E-state index is 12.2. The predicted octanol–water partition coefficient (Wildman–Crippen LogP) is 1.81. The summed E-state index contributed by atoms with van der Waals surface area (Å²) in [6.45, 7) is 4.21. The van der Waals surface area contributed by atoms with E-state index in [2.05, 4.69) is 18.3 Å². The zero-order valence-electron chi connectivity index (χ0n) is 10.2. The van der Waals surface area contributed by atoms with Gasteiger partial charge in [-0.3, -0.25) is 4.79 Å². The minimum Gasteiger partial charge on any atom is -0.367 e. The van der Waals surface area contributed by atoms with Crippen LogP contribution in [-0.4, -0.2) is 31.6 Å². The molecule has 0 amide bonds. The van der Waals surface area contributed by atoms with Crippen molar-refractivity contribution in [2.75, 3.05) is 19.7 Å². The van der Waals surface area contributed by atoms with E-state index in [1.54, 1.807) is 0 Å². The first-order chi connectivity index (χ1) is 8.31. The third kappa shape index (κ3) is 3.14. The van der Waals surface area contributed by atoms with Crippen LogP contribution in [0, 0.1) is 0 Å². The Bertz CT molecular complexity index is 384. The van der Waals surface area contributed by atoms with Gasteiger partial charge in [-0.25, -0.2) is 0 Å². The summed E-state index contributed by atoms with van der Waals surface area (Å²) < 4.78 is 5.48. The van der Waals surface area contributed by atoms with Gasteiger partial charge in [-0.2, -0.15) is 0 Å². The van der Waals surface area contributed by atoms with Gasteiger partial charge in [0.2, 0.25) is 0 Å². The van der Waals surface area contributed by atoms with Crippen molar-refractivity contribution in [2.45, 2.75) is 25.9 Å². The Balaban J connectivity index is 2.09. The first kappa shape index (κ1) is 12.3. The van der Waals surface area contributed by atoms with Gasteiger partial charge in [-0.1, -0.05) is 31.5 Å². The molecule has 1 aromatic rings. The minimum atomic E-state index is -0.319. The Hall–Kier alpha value is -1.19. The molecule has 0 aliphatic carbocycles. The number of benzene rings is 1. The molecule has 17 heavy (non-hydrogen) atoms. The lowest BCUT2D eigenvalue weighted by Gasteiger charge is -2.22. The molecule has 1 saturated heterocycles. The number of hydrogen-bond donors (Lipinski definition) is 1. The number of carbonyl (C=O) groups excluding carboxylic acids is 1. The number of morpholine rings is 1. The molecule has 1 unspecified atom stereocenters. The summed E-state index contributed by atoms with van der Waals surface area (Å²) in [5.74, 6) is 0.0927. The van der Waals surface area contributed by atoms with E-state index in [9.17, 15) is 4.79 Å². The van der Waals surface area contributed by atoms with Crippen LogP contribution in [0.5, 0.6) is 0 Å². The van der Waals surface area contributed by atoms with Crippen molar-refractivity contribution in [1.29, 1.82) is 0 Å². The quantitative estimate of drug-likeness (QED) is 0.806. The summed E-state index contributed by atoms with van der Waals surface area (Å²) in [6.07, 6.45) is 1.80. The molecule has 1 heterocycles. The Labute approximate surface area is 102 Å². The molecule has 0 aromatic heterocycles. The number of nitrogens with one attached hydrogen (secondary N) is 1. The SMILES string of the molecule is CCCc1cccc(C(=O)C2CNCCO2)c1. The van der Waals surface area contributed by atoms with Crippen LogP contribution in [0.3, 0.4) is 0 Å². The van der Waals surface area contributed by atoms with Crippen LogP contribution < -0.4 is 5.32 Å². The van der Waals surface area contributed by atoms with Gasteiger partial charge in [0.05, 0.1) is 6.61 Å². The lowest BCUT2D eigenvalue weighted by Crippen LogP contribution is -2.43. The van der Waals surface area contributed by atoms with Crippen LogP contribution in [0.1, 0.15) is 29.3 Å². The summed E-state index contributed by atoms with van der Waals surface area (Å²) in [5.41, 5.74) is 1.99. The number of ketones is 1. The van der Waals surface area contributed by atoms with Crippen molar-refractivity contribution >= 4 is 5.78 Å². The van der Waals surface area contributed by atoms with Crippen LogP contribution in [0.4, 0.5) is 0 Å². The van der Waals surface area contributed by atoms with E-state index in [-0.39, 0.29) is 11.9 Å². The molecule has 1 N–H and O–H groups in total. The zero-order chi connectivity index (χ0) is 12.1. The molecular formula is C14H19NO2. The molecule has 0 bridgehead atoms. The molecule has 3 heteroatoms. The van der Waals surface area contributed by atoms with Gasteiger partial charge in [0.15, 0.2) is 5.78 Å². The lowest BCUT2D eigenvalue weighted by molar-refractivity contribution is 0.0269. The second-order valence-electron chi connectivity index (χ2n) is 4.38. The highest BCUT2D eigenvalue weighted by atomic mass is 16.5. The van der Waals surface area contributed by atoms with Crippen LogP contribution in [0.25, 0.3) is 0 Å². The normalized spacial score (nSPS) is 20.2. The Morgan fingerprint density at radius 2 is 2.41 bits per heavy atom. The zero-order valence-corrected chi connectivity index (χ0v) is 10.2. The molecule has 3 nitrogen and oxygen atoms in total. The van der Waals surface area contributed by atoms with E-state index < -0.39 is 0 Å².